The third kappa shape index (κ3) is 2.61. The van der Waals surface area contributed by atoms with E-state index in [-0.39, 0.29) is 17.2 Å². The number of imide groups is 1. The average molecular weight is 226 g/mol. The minimum atomic E-state index is -0.524. The second-order valence-electron chi connectivity index (χ2n) is 6.03. The maximum atomic E-state index is 11.9. The molecule has 1 saturated heterocycles. The second kappa shape index (κ2) is 4.17. The Morgan fingerprint density at radius 1 is 1.38 bits per heavy atom. The minimum Gasteiger partial charge on any atom is -0.330 e. The van der Waals surface area contributed by atoms with Gasteiger partial charge in [0.2, 0.25) is 11.8 Å². The molecule has 4 heteroatoms. The lowest BCUT2D eigenvalue weighted by Gasteiger charge is -2.25. The van der Waals surface area contributed by atoms with Gasteiger partial charge >= 0.3 is 0 Å². The molecule has 2 N–H and O–H groups in total. The van der Waals surface area contributed by atoms with Gasteiger partial charge in [-0.1, -0.05) is 27.7 Å². The van der Waals surface area contributed by atoms with Crippen molar-refractivity contribution in [3.63, 3.8) is 0 Å². The van der Waals surface area contributed by atoms with Crippen LogP contribution >= 0.6 is 0 Å². The van der Waals surface area contributed by atoms with Crippen LogP contribution in [0.2, 0.25) is 0 Å². The molecule has 16 heavy (non-hydrogen) atoms. The first kappa shape index (κ1) is 13.2. The number of rotatable bonds is 4. The van der Waals surface area contributed by atoms with E-state index in [1.54, 1.807) is 0 Å². The molecular weight excluding hydrogens is 204 g/mol. The molecule has 0 unspecified atom stereocenters. The predicted octanol–water partition coefficient (Wildman–Crippen LogP) is 1.15. The summed E-state index contributed by atoms with van der Waals surface area (Å²) in [6.45, 7) is 8.78. The van der Waals surface area contributed by atoms with Crippen LogP contribution in [0.15, 0.2) is 0 Å². The molecule has 0 bridgehead atoms. The van der Waals surface area contributed by atoms with Crippen molar-refractivity contribution in [1.29, 1.82) is 0 Å². The van der Waals surface area contributed by atoms with Crippen LogP contribution in [0.1, 0.15) is 40.5 Å². The first-order valence-electron chi connectivity index (χ1n) is 5.74. The van der Waals surface area contributed by atoms with Crippen molar-refractivity contribution in [2.75, 3.05) is 13.1 Å². The van der Waals surface area contributed by atoms with Gasteiger partial charge in [0, 0.05) is 13.0 Å². The third-order valence-corrected chi connectivity index (χ3v) is 3.28. The van der Waals surface area contributed by atoms with Crippen LogP contribution < -0.4 is 5.73 Å². The van der Waals surface area contributed by atoms with E-state index in [9.17, 15) is 9.59 Å². The van der Waals surface area contributed by atoms with Crippen LogP contribution in [0.3, 0.4) is 0 Å². The van der Waals surface area contributed by atoms with Crippen LogP contribution in [0.5, 0.6) is 0 Å². The van der Waals surface area contributed by atoms with E-state index >= 15 is 0 Å². The highest BCUT2D eigenvalue weighted by Crippen LogP contribution is 2.32. The van der Waals surface area contributed by atoms with E-state index in [4.69, 9.17) is 5.73 Å². The molecule has 0 saturated carbocycles. The van der Waals surface area contributed by atoms with Gasteiger partial charge in [-0.15, -0.1) is 0 Å². The largest absolute Gasteiger partial charge is 0.330 e. The summed E-state index contributed by atoms with van der Waals surface area (Å²) in [6, 6.07) is 0. The first-order valence-corrected chi connectivity index (χ1v) is 5.74. The standard InChI is InChI=1S/C12H22N2O2/c1-11(2,8-13)5-6-14-9(15)7-12(3,4)10(14)16/h5-8,13H2,1-4H3. The third-order valence-electron chi connectivity index (χ3n) is 3.28. The fraction of sp³-hybridized carbons (Fsp3) is 0.833. The van der Waals surface area contributed by atoms with Gasteiger partial charge in [-0.2, -0.15) is 0 Å². The number of hydrogen-bond donors (Lipinski definition) is 1. The van der Waals surface area contributed by atoms with E-state index in [0.29, 0.717) is 19.5 Å². The number of hydrogen-bond acceptors (Lipinski definition) is 3. The molecule has 0 atom stereocenters. The van der Waals surface area contributed by atoms with Gasteiger partial charge in [0.05, 0.1) is 5.41 Å². The Labute approximate surface area is 97.2 Å². The van der Waals surface area contributed by atoms with E-state index in [1.165, 1.54) is 4.90 Å². The van der Waals surface area contributed by atoms with Crippen molar-refractivity contribution in [3.8, 4) is 0 Å². The SMILES string of the molecule is CC(C)(CN)CCN1C(=O)CC(C)(C)C1=O. The Hall–Kier alpha value is -0.900. The fourth-order valence-corrected chi connectivity index (χ4v) is 1.77. The number of nitrogens with two attached hydrogens (primary N) is 1. The molecule has 1 heterocycles. The molecule has 1 rings (SSSR count). The molecule has 0 radical (unpaired) electrons. The summed E-state index contributed by atoms with van der Waals surface area (Å²) >= 11 is 0. The highest BCUT2D eigenvalue weighted by Gasteiger charge is 2.44. The molecule has 0 aromatic rings. The van der Waals surface area contributed by atoms with Crippen molar-refractivity contribution < 1.29 is 9.59 Å². The highest BCUT2D eigenvalue weighted by atomic mass is 16.2. The molecule has 1 fully saturated rings. The van der Waals surface area contributed by atoms with E-state index < -0.39 is 5.41 Å². The molecular formula is C12H22N2O2. The summed E-state index contributed by atoms with van der Waals surface area (Å²) in [5.41, 5.74) is 5.08. The van der Waals surface area contributed by atoms with E-state index in [0.717, 1.165) is 6.42 Å². The van der Waals surface area contributed by atoms with Gasteiger partial charge in [-0.25, -0.2) is 0 Å². The highest BCUT2D eigenvalue weighted by molar-refractivity contribution is 6.05. The van der Waals surface area contributed by atoms with Gasteiger partial charge in [-0.05, 0) is 18.4 Å². The van der Waals surface area contributed by atoms with Crippen LogP contribution in [0, 0.1) is 10.8 Å². The number of carbonyl (C=O) groups excluding carboxylic acids is 2. The Bertz CT molecular complexity index is 308. The Morgan fingerprint density at radius 2 is 1.94 bits per heavy atom. The van der Waals surface area contributed by atoms with Crippen LogP contribution in [-0.2, 0) is 9.59 Å². The molecule has 0 aromatic carbocycles. The fourth-order valence-electron chi connectivity index (χ4n) is 1.77. The van der Waals surface area contributed by atoms with Gasteiger partial charge in [0.1, 0.15) is 0 Å². The number of likely N-dealkylation sites (tertiary alicyclic amines) is 1. The van der Waals surface area contributed by atoms with Crippen molar-refractivity contribution >= 4 is 11.8 Å². The van der Waals surface area contributed by atoms with Crippen LogP contribution in [0.25, 0.3) is 0 Å². The predicted molar refractivity (Wildman–Crippen MR) is 62.6 cm³/mol. The molecule has 4 nitrogen and oxygen atoms in total. The topological polar surface area (TPSA) is 63.4 Å². The van der Waals surface area contributed by atoms with Crippen molar-refractivity contribution in [2.45, 2.75) is 40.5 Å². The monoisotopic (exact) mass is 226 g/mol. The van der Waals surface area contributed by atoms with Crippen LogP contribution in [-0.4, -0.2) is 29.8 Å². The lowest BCUT2D eigenvalue weighted by Crippen LogP contribution is -2.37. The molecule has 0 aromatic heterocycles. The summed E-state index contributed by atoms with van der Waals surface area (Å²) in [4.78, 5) is 25.0. The lowest BCUT2D eigenvalue weighted by atomic mass is 9.89. The zero-order chi connectivity index (χ0) is 12.6. The number of amides is 2. The molecule has 92 valence electrons. The number of carbonyl (C=O) groups is 2. The van der Waals surface area contributed by atoms with Crippen LogP contribution in [0.4, 0.5) is 0 Å². The van der Waals surface area contributed by atoms with Gasteiger partial charge in [-0.3, -0.25) is 14.5 Å². The summed E-state index contributed by atoms with van der Waals surface area (Å²) in [6.07, 6.45) is 1.09. The smallest absolute Gasteiger partial charge is 0.235 e. The maximum absolute atomic E-state index is 11.9. The zero-order valence-electron chi connectivity index (χ0n) is 10.7. The zero-order valence-corrected chi connectivity index (χ0v) is 10.7. The molecule has 0 spiro atoms. The van der Waals surface area contributed by atoms with Gasteiger partial charge in [0.15, 0.2) is 0 Å². The Morgan fingerprint density at radius 3 is 2.31 bits per heavy atom. The summed E-state index contributed by atoms with van der Waals surface area (Å²) in [5, 5.41) is 0. The minimum absolute atomic E-state index is 0.0205. The molecule has 1 aliphatic heterocycles. The van der Waals surface area contributed by atoms with Crippen molar-refractivity contribution in [2.24, 2.45) is 16.6 Å². The maximum Gasteiger partial charge on any atom is 0.235 e. The van der Waals surface area contributed by atoms with E-state index in [1.807, 2.05) is 27.7 Å². The van der Waals surface area contributed by atoms with Gasteiger partial charge < -0.3 is 5.73 Å². The molecule has 0 aliphatic carbocycles. The second-order valence-corrected chi connectivity index (χ2v) is 6.03. The lowest BCUT2D eigenvalue weighted by molar-refractivity contribution is -0.141. The summed E-state index contributed by atoms with van der Waals surface area (Å²) < 4.78 is 0. The first-order chi connectivity index (χ1) is 7.19. The Kier molecular flexibility index (Phi) is 3.43. The molecule has 2 amide bonds. The summed E-state index contributed by atoms with van der Waals surface area (Å²) in [5.74, 6) is -0.104. The van der Waals surface area contributed by atoms with E-state index in [2.05, 4.69) is 0 Å². The normalized spacial score (nSPS) is 20.7. The number of nitrogens with zero attached hydrogens (tertiary/aromatic N) is 1. The molecule has 1 aliphatic rings. The Balaban J connectivity index is 2.63. The average Bonchev–Trinajstić information content (AvgIpc) is 2.35. The van der Waals surface area contributed by atoms with Crippen molar-refractivity contribution in [1.82, 2.24) is 4.90 Å². The van der Waals surface area contributed by atoms with Gasteiger partial charge in [0.25, 0.3) is 0 Å². The quantitative estimate of drug-likeness (QED) is 0.731. The van der Waals surface area contributed by atoms with Crippen molar-refractivity contribution in [3.05, 3.63) is 0 Å². The summed E-state index contributed by atoms with van der Waals surface area (Å²) in [7, 11) is 0.